The molecule has 1 N–H and O–H groups in total. The van der Waals surface area contributed by atoms with E-state index in [-0.39, 0.29) is 0 Å². The lowest BCUT2D eigenvalue weighted by molar-refractivity contribution is 0.571. The molecule has 0 spiro atoms. The molecular weight excluding hydrogens is 342 g/mol. The van der Waals surface area contributed by atoms with Crippen molar-refractivity contribution in [3.05, 3.63) is 64.1 Å². The Bertz CT molecular complexity index is 571. The van der Waals surface area contributed by atoms with Crippen LogP contribution in [0.3, 0.4) is 0 Å². The molecule has 3 heteroatoms. The molecule has 21 heavy (non-hydrogen) atoms. The third-order valence-electron chi connectivity index (χ3n) is 3.47. The van der Waals surface area contributed by atoms with Crippen LogP contribution in [0.1, 0.15) is 18.1 Å². The lowest BCUT2D eigenvalue weighted by atomic mass is 10.0. The van der Waals surface area contributed by atoms with Gasteiger partial charge in [0.2, 0.25) is 0 Å². The largest absolute Gasteiger partial charge is 0.313 e. The summed E-state index contributed by atoms with van der Waals surface area (Å²) in [5, 5.41) is 3.61. The van der Waals surface area contributed by atoms with Crippen molar-refractivity contribution < 1.29 is 0 Å². The first-order chi connectivity index (χ1) is 10.2. The molecule has 0 saturated carbocycles. The van der Waals surface area contributed by atoms with Gasteiger partial charge in [-0.3, -0.25) is 0 Å². The van der Waals surface area contributed by atoms with E-state index >= 15 is 0 Å². The number of aryl methyl sites for hydroxylation is 1. The molecule has 0 aliphatic carbocycles. The van der Waals surface area contributed by atoms with Gasteiger partial charge < -0.3 is 5.32 Å². The molecule has 0 saturated heterocycles. The second-order valence-electron chi connectivity index (χ2n) is 5.15. The van der Waals surface area contributed by atoms with E-state index in [1.807, 2.05) is 11.8 Å². The highest BCUT2D eigenvalue weighted by Gasteiger charge is 2.10. The van der Waals surface area contributed by atoms with E-state index in [9.17, 15) is 0 Å². The van der Waals surface area contributed by atoms with E-state index in [0.717, 1.165) is 23.2 Å². The van der Waals surface area contributed by atoms with E-state index in [4.69, 9.17) is 0 Å². The van der Waals surface area contributed by atoms with Crippen molar-refractivity contribution in [2.24, 2.45) is 0 Å². The minimum atomic E-state index is 0.500. The van der Waals surface area contributed by atoms with Crippen LogP contribution in [0.4, 0.5) is 0 Å². The van der Waals surface area contributed by atoms with Crippen molar-refractivity contribution in [3.63, 3.8) is 0 Å². The molecule has 0 bridgehead atoms. The molecule has 0 heterocycles. The van der Waals surface area contributed by atoms with Gasteiger partial charge in [-0.1, -0.05) is 53.2 Å². The minimum Gasteiger partial charge on any atom is -0.313 e. The van der Waals surface area contributed by atoms with Gasteiger partial charge in [-0.25, -0.2) is 0 Å². The zero-order valence-electron chi connectivity index (χ0n) is 12.6. The fourth-order valence-electron chi connectivity index (χ4n) is 2.34. The lowest BCUT2D eigenvalue weighted by Crippen LogP contribution is -2.33. The maximum Gasteiger partial charge on any atom is 0.0202 e. The van der Waals surface area contributed by atoms with Crippen molar-refractivity contribution in [2.75, 3.05) is 12.3 Å². The summed E-state index contributed by atoms with van der Waals surface area (Å²) in [6.45, 7) is 5.38. The number of hydrogen-bond acceptors (Lipinski definition) is 2. The Kier molecular flexibility index (Phi) is 6.81. The average Bonchev–Trinajstić information content (AvgIpc) is 2.47. The van der Waals surface area contributed by atoms with E-state index in [1.165, 1.54) is 16.0 Å². The van der Waals surface area contributed by atoms with Gasteiger partial charge in [0, 0.05) is 21.2 Å². The monoisotopic (exact) mass is 363 g/mol. The van der Waals surface area contributed by atoms with Crippen LogP contribution in [0.5, 0.6) is 0 Å². The number of halogens is 1. The Morgan fingerprint density at radius 3 is 2.67 bits per heavy atom. The standard InChI is InChI=1S/C18H22BrNS/c1-3-20-17(11-15-8-5-4-7-14(15)2)13-21-18-10-6-9-16(19)12-18/h4-10,12,17,20H,3,11,13H2,1-2H3. The Balaban J connectivity index is 1.97. The van der Waals surface area contributed by atoms with Gasteiger partial charge in [0.05, 0.1) is 0 Å². The van der Waals surface area contributed by atoms with Crippen LogP contribution in [0, 0.1) is 6.92 Å². The van der Waals surface area contributed by atoms with Crippen LogP contribution in [0.15, 0.2) is 57.9 Å². The summed E-state index contributed by atoms with van der Waals surface area (Å²) in [5.74, 6) is 1.08. The maximum atomic E-state index is 3.61. The summed E-state index contributed by atoms with van der Waals surface area (Å²) >= 11 is 5.45. The normalized spacial score (nSPS) is 12.3. The van der Waals surface area contributed by atoms with Gasteiger partial charge in [0.15, 0.2) is 0 Å². The van der Waals surface area contributed by atoms with Gasteiger partial charge in [0.25, 0.3) is 0 Å². The lowest BCUT2D eigenvalue weighted by Gasteiger charge is -2.19. The Hall–Kier alpha value is -0.770. The first kappa shape index (κ1) is 16.6. The summed E-state index contributed by atoms with van der Waals surface area (Å²) in [6, 6.07) is 17.7. The van der Waals surface area contributed by atoms with Gasteiger partial charge in [-0.05, 0) is 49.2 Å². The summed E-state index contributed by atoms with van der Waals surface area (Å²) < 4.78 is 1.14. The topological polar surface area (TPSA) is 12.0 Å². The first-order valence-electron chi connectivity index (χ1n) is 7.35. The molecular formula is C18H22BrNS. The van der Waals surface area contributed by atoms with Crippen LogP contribution < -0.4 is 5.32 Å². The molecule has 0 radical (unpaired) electrons. The molecule has 1 atom stereocenters. The summed E-state index contributed by atoms with van der Waals surface area (Å²) in [5.41, 5.74) is 2.83. The Morgan fingerprint density at radius 1 is 1.14 bits per heavy atom. The second-order valence-corrected chi connectivity index (χ2v) is 7.16. The van der Waals surface area contributed by atoms with Crippen LogP contribution in [-0.4, -0.2) is 18.3 Å². The van der Waals surface area contributed by atoms with Gasteiger partial charge in [0.1, 0.15) is 0 Å². The van der Waals surface area contributed by atoms with E-state index in [0.29, 0.717) is 6.04 Å². The number of likely N-dealkylation sites (N-methyl/N-ethyl adjacent to an activating group) is 1. The number of hydrogen-bond donors (Lipinski definition) is 1. The van der Waals surface area contributed by atoms with Crippen LogP contribution >= 0.6 is 27.7 Å². The third-order valence-corrected chi connectivity index (χ3v) is 5.12. The van der Waals surface area contributed by atoms with E-state index in [1.54, 1.807) is 0 Å². The molecule has 2 rings (SSSR count). The maximum absolute atomic E-state index is 3.61. The Morgan fingerprint density at radius 2 is 1.95 bits per heavy atom. The molecule has 0 aliphatic heterocycles. The van der Waals surface area contributed by atoms with Crippen molar-refractivity contribution >= 4 is 27.7 Å². The van der Waals surface area contributed by atoms with E-state index < -0.39 is 0 Å². The highest BCUT2D eigenvalue weighted by molar-refractivity contribution is 9.10. The van der Waals surface area contributed by atoms with Crippen LogP contribution in [0.25, 0.3) is 0 Å². The summed E-state index contributed by atoms with van der Waals surface area (Å²) in [6.07, 6.45) is 1.08. The van der Waals surface area contributed by atoms with Gasteiger partial charge in [-0.15, -0.1) is 11.8 Å². The Labute approximate surface area is 140 Å². The van der Waals surface area contributed by atoms with Crippen molar-refractivity contribution in [1.29, 1.82) is 0 Å². The third kappa shape index (κ3) is 5.50. The molecule has 2 aromatic carbocycles. The highest BCUT2D eigenvalue weighted by Crippen LogP contribution is 2.23. The quantitative estimate of drug-likeness (QED) is 0.689. The minimum absolute atomic E-state index is 0.500. The predicted octanol–water partition coefficient (Wildman–Crippen LogP) is 5.07. The summed E-state index contributed by atoms with van der Waals surface area (Å²) in [4.78, 5) is 1.32. The zero-order chi connectivity index (χ0) is 15.1. The number of thioether (sulfide) groups is 1. The fourth-order valence-corrected chi connectivity index (χ4v) is 3.90. The highest BCUT2D eigenvalue weighted by atomic mass is 79.9. The molecule has 0 aromatic heterocycles. The van der Waals surface area contributed by atoms with Gasteiger partial charge >= 0.3 is 0 Å². The van der Waals surface area contributed by atoms with Crippen molar-refractivity contribution in [3.8, 4) is 0 Å². The van der Waals surface area contributed by atoms with E-state index in [2.05, 4.69) is 83.6 Å². The molecule has 1 nitrogen and oxygen atoms in total. The summed E-state index contributed by atoms with van der Waals surface area (Å²) in [7, 11) is 0. The average molecular weight is 364 g/mol. The SMILES string of the molecule is CCNC(CSc1cccc(Br)c1)Cc1ccccc1C. The number of rotatable bonds is 7. The molecule has 0 amide bonds. The molecule has 112 valence electrons. The van der Waals surface area contributed by atoms with Crippen LogP contribution in [0.2, 0.25) is 0 Å². The zero-order valence-corrected chi connectivity index (χ0v) is 15.0. The molecule has 0 fully saturated rings. The molecule has 2 aromatic rings. The number of benzene rings is 2. The second kappa shape index (κ2) is 8.62. The predicted molar refractivity (Wildman–Crippen MR) is 97.2 cm³/mol. The first-order valence-corrected chi connectivity index (χ1v) is 9.13. The van der Waals surface area contributed by atoms with Crippen LogP contribution in [-0.2, 0) is 6.42 Å². The molecule has 1 unspecified atom stereocenters. The molecule has 0 aliphatic rings. The van der Waals surface area contributed by atoms with Crippen molar-refractivity contribution in [2.45, 2.75) is 31.2 Å². The van der Waals surface area contributed by atoms with Gasteiger partial charge in [-0.2, -0.15) is 0 Å². The smallest absolute Gasteiger partial charge is 0.0202 e. The fraction of sp³-hybridized carbons (Fsp3) is 0.333. The van der Waals surface area contributed by atoms with Crippen molar-refractivity contribution in [1.82, 2.24) is 5.32 Å². The number of nitrogens with one attached hydrogen (secondary N) is 1.